The van der Waals surface area contributed by atoms with E-state index in [9.17, 15) is 14.0 Å². The lowest BCUT2D eigenvalue weighted by atomic mass is 10.2. The molecule has 2 amide bonds. The molecule has 1 fully saturated rings. The molecule has 0 saturated carbocycles. The Hall–Kier alpha value is -2.89. The van der Waals surface area contributed by atoms with E-state index >= 15 is 0 Å². The first-order valence-corrected chi connectivity index (χ1v) is 7.71. The van der Waals surface area contributed by atoms with Crippen molar-refractivity contribution in [3.8, 4) is 5.75 Å². The number of nitrogens with zero attached hydrogens (tertiary/aromatic N) is 1. The van der Waals surface area contributed by atoms with E-state index in [0.717, 1.165) is 18.7 Å². The number of ether oxygens (including phenoxy) is 1. The lowest BCUT2D eigenvalue weighted by molar-refractivity contribution is -0.118. The maximum absolute atomic E-state index is 13.4. The molecule has 0 atom stereocenters. The van der Waals surface area contributed by atoms with Crippen LogP contribution >= 0.6 is 0 Å². The Labute approximate surface area is 139 Å². The quantitative estimate of drug-likeness (QED) is 0.918. The van der Waals surface area contributed by atoms with Crippen molar-refractivity contribution >= 4 is 23.2 Å². The summed E-state index contributed by atoms with van der Waals surface area (Å²) >= 11 is 0. The summed E-state index contributed by atoms with van der Waals surface area (Å²) in [6.07, 6.45) is 1.44. The van der Waals surface area contributed by atoms with Gasteiger partial charge in [-0.15, -0.1) is 0 Å². The van der Waals surface area contributed by atoms with Gasteiger partial charge in [-0.05, 0) is 42.8 Å². The number of carbonyl (C=O) groups is 2. The third kappa shape index (κ3) is 3.71. The van der Waals surface area contributed by atoms with Gasteiger partial charge in [-0.25, -0.2) is 4.39 Å². The summed E-state index contributed by atoms with van der Waals surface area (Å²) < 4.78 is 18.6. The highest BCUT2D eigenvalue weighted by Gasteiger charge is 2.21. The maximum atomic E-state index is 13.4. The van der Waals surface area contributed by atoms with Crippen molar-refractivity contribution in [2.24, 2.45) is 0 Å². The summed E-state index contributed by atoms with van der Waals surface area (Å²) in [5.74, 6) is -0.742. The molecule has 2 aromatic rings. The molecule has 1 N–H and O–H groups in total. The summed E-state index contributed by atoms with van der Waals surface area (Å²) in [4.78, 5) is 25.3. The van der Waals surface area contributed by atoms with Crippen LogP contribution in [-0.4, -0.2) is 25.0 Å². The Morgan fingerprint density at radius 1 is 1.17 bits per heavy atom. The first-order valence-electron chi connectivity index (χ1n) is 7.71. The van der Waals surface area contributed by atoms with Crippen LogP contribution in [0.4, 0.5) is 15.8 Å². The van der Waals surface area contributed by atoms with Crippen molar-refractivity contribution in [1.29, 1.82) is 0 Å². The minimum atomic E-state index is -0.509. The summed E-state index contributed by atoms with van der Waals surface area (Å²) in [7, 11) is 0. The number of amides is 2. The molecular formula is C18H17FN2O3. The van der Waals surface area contributed by atoms with E-state index in [1.165, 1.54) is 12.1 Å². The minimum Gasteiger partial charge on any atom is -0.481 e. The molecule has 1 saturated heterocycles. The molecule has 1 aliphatic rings. The van der Waals surface area contributed by atoms with E-state index in [4.69, 9.17) is 4.74 Å². The fraction of sp³-hybridized carbons (Fsp3) is 0.222. The first-order chi connectivity index (χ1) is 11.6. The average Bonchev–Trinajstić information content (AvgIpc) is 3.01. The molecule has 24 heavy (non-hydrogen) atoms. The second-order valence-electron chi connectivity index (χ2n) is 5.46. The second-order valence-corrected chi connectivity index (χ2v) is 5.46. The van der Waals surface area contributed by atoms with Crippen LogP contribution in [0.5, 0.6) is 5.75 Å². The molecule has 0 unspecified atom stereocenters. The normalized spacial score (nSPS) is 13.9. The molecular weight excluding hydrogens is 311 g/mol. The third-order valence-corrected chi connectivity index (χ3v) is 3.73. The summed E-state index contributed by atoms with van der Waals surface area (Å²) in [5, 5.41) is 2.67. The number of para-hydroxylation sites is 1. The van der Waals surface area contributed by atoms with Gasteiger partial charge in [0, 0.05) is 24.3 Å². The van der Waals surface area contributed by atoms with E-state index in [-0.39, 0.29) is 24.2 Å². The highest BCUT2D eigenvalue weighted by molar-refractivity contribution is 5.96. The van der Waals surface area contributed by atoms with Gasteiger partial charge in [0.25, 0.3) is 5.91 Å². The first kappa shape index (κ1) is 16.0. The van der Waals surface area contributed by atoms with Crippen LogP contribution in [0.2, 0.25) is 0 Å². The van der Waals surface area contributed by atoms with E-state index in [2.05, 4.69) is 5.32 Å². The van der Waals surface area contributed by atoms with Gasteiger partial charge < -0.3 is 15.0 Å². The molecule has 1 heterocycles. The summed E-state index contributed by atoms with van der Waals surface area (Å²) in [5.41, 5.74) is 1.41. The predicted octanol–water partition coefficient (Wildman–Crippen LogP) is 2.97. The minimum absolute atomic E-state index is 0.0375. The SMILES string of the molecule is O=C(COc1ccccc1F)Nc1ccc(N2CCCC2=O)cc1. The Balaban J connectivity index is 1.55. The van der Waals surface area contributed by atoms with Crippen molar-refractivity contribution in [3.63, 3.8) is 0 Å². The molecule has 0 radical (unpaired) electrons. The Morgan fingerprint density at radius 2 is 1.92 bits per heavy atom. The summed E-state index contributed by atoms with van der Waals surface area (Å²) in [6.45, 7) is 0.439. The zero-order valence-corrected chi connectivity index (χ0v) is 13.0. The van der Waals surface area contributed by atoms with E-state index in [0.29, 0.717) is 12.1 Å². The standard InChI is InChI=1S/C18H17FN2O3/c19-15-4-1-2-5-16(15)24-12-17(22)20-13-7-9-14(10-8-13)21-11-3-6-18(21)23/h1-2,4-5,7-10H,3,6,11-12H2,(H,20,22). The van der Waals surface area contributed by atoms with Gasteiger partial charge in [0.05, 0.1) is 0 Å². The van der Waals surface area contributed by atoms with Gasteiger partial charge in [-0.3, -0.25) is 9.59 Å². The Morgan fingerprint density at radius 3 is 2.58 bits per heavy atom. The molecule has 3 rings (SSSR count). The van der Waals surface area contributed by atoms with E-state index < -0.39 is 5.82 Å². The molecule has 0 aliphatic carbocycles. The number of anilines is 2. The molecule has 1 aliphatic heterocycles. The maximum Gasteiger partial charge on any atom is 0.262 e. The number of nitrogens with one attached hydrogen (secondary N) is 1. The number of benzene rings is 2. The van der Waals surface area contributed by atoms with Crippen molar-refractivity contribution in [2.75, 3.05) is 23.4 Å². The van der Waals surface area contributed by atoms with Crippen molar-refractivity contribution in [2.45, 2.75) is 12.8 Å². The monoisotopic (exact) mass is 328 g/mol. The zero-order chi connectivity index (χ0) is 16.9. The second kappa shape index (κ2) is 7.12. The highest BCUT2D eigenvalue weighted by Crippen LogP contribution is 2.23. The fourth-order valence-electron chi connectivity index (χ4n) is 2.55. The van der Waals surface area contributed by atoms with Crippen LogP contribution in [0.25, 0.3) is 0 Å². The molecule has 0 bridgehead atoms. The smallest absolute Gasteiger partial charge is 0.262 e. The number of rotatable bonds is 5. The van der Waals surface area contributed by atoms with Crippen molar-refractivity contribution < 1.29 is 18.7 Å². The third-order valence-electron chi connectivity index (χ3n) is 3.73. The Kier molecular flexibility index (Phi) is 4.74. The summed E-state index contributed by atoms with van der Waals surface area (Å²) in [6, 6.07) is 12.9. The highest BCUT2D eigenvalue weighted by atomic mass is 19.1. The van der Waals surface area contributed by atoms with Crippen molar-refractivity contribution in [1.82, 2.24) is 0 Å². The van der Waals surface area contributed by atoms with Crippen LogP contribution in [0.1, 0.15) is 12.8 Å². The fourth-order valence-corrected chi connectivity index (χ4v) is 2.55. The number of halogens is 1. The molecule has 2 aromatic carbocycles. The molecule has 6 heteroatoms. The number of carbonyl (C=O) groups excluding carboxylic acids is 2. The van der Waals surface area contributed by atoms with Crippen LogP contribution in [-0.2, 0) is 9.59 Å². The molecule has 0 spiro atoms. The van der Waals surface area contributed by atoms with Crippen LogP contribution in [0, 0.1) is 5.82 Å². The van der Waals surface area contributed by atoms with Gasteiger partial charge >= 0.3 is 0 Å². The zero-order valence-electron chi connectivity index (χ0n) is 13.0. The number of hydrogen-bond donors (Lipinski definition) is 1. The van der Waals surface area contributed by atoms with Crippen molar-refractivity contribution in [3.05, 3.63) is 54.3 Å². The molecule has 0 aromatic heterocycles. The lowest BCUT2D eigenvalue weighted by Crippen LogP contribution is -2.23. The molecule has 5 nitrogen and oxygen atoms in total. The average molecular weight is 328 g/mol. The van der Waals surface area contributed by atoms with E-state index in [1.54, 1.807) is 41.3 Å². The number of hydrogen-bond acceptors (Lipinski definition) is 3. The van der Waals surface area contributed by atoms with Crippen LogP contribution in [0.3, 0.4) is 0 Å². The topological polar surface area (TPSA) is 58.6 Å². The van der Waals surface area contributed by atoms with Gasteiger partial charge in [0.2, 0.25) is 5.91 Å². The van der Waals surface area contributed by atoms with Gasteiger partial charge in [-0.2, -0.15) is 0 Å². The largest absolute Gasteiger partial charge is 0.481 e. The van der Waals surface area contributed by atoms with Gasteiger partial charge in [-0.1, -0.05) is 12.1 Å². The van der Waals surface area contributed by atoms with Gasteiger partial charge in [0.1, 0.15) is 0 Å². The van der Waals surface area contributed by atoms with Gasteiger partial charge in [0.15, 0.2) is 18.2 Å². The van der Waals surface area contributed by atoms with Crippen LogP contribution in [0.15, 0.2) is 48.5 Å². The lowest BCUT2D eigenvalue weighted by Gasteiger charge is -2.16. The Bertz CT molecular complexity index is 746. The predicted molar refractivity (Wildman–Crippen MR) is 88.6 cm³/mol. The van der Waals surface area contributed by atoms with Crippen LogP contribution < -0.4 is 15.0 Å². The molecule has 124 valence electrons. The van der Waals surface area contributed by atoms with E-state index in [1.807, 2.05) is 0 Å².